The van der Waals surface area contributed by atoms with Crippen LogP contribution in [0.15, 0.2) is 36.4 Å². The van der Waals surface area contributed by atoms with Crippen molar-refractivity contribution in [2.24, 2.45) is 0 Å². The highest BCUT2D eigenvalue weighted by molar-refractivity contribution is 5.97. The molecule has 1 aliphatic rings. The van der Waals surface area contributed by atoms with Crippen LogP contribution in [0.5, 0.6) is 17.2 Å². The monoisotopic (exact) mass is 455 g/mol. The summed E-state index contributed by atoms with van der Waals surface area (Å²) in [6.07, 6.45) is 3.78. The molecule has 0 spiro atoms. The molecule has 178 valence electrons. The van der Waals surface area contributed by atoms with E-state index in [9.17, 15) is 9.59 Å². The highest BCUT2D eigenvalue weighted by Gasteiger charge is 2.18. The van der Waals surface area contributed by atoms with E-state index in [4.69, 9.17) is 14.2 Å². The molecule has 0 unspecified atom stereocenters. The normalized spacial score (nSPS) is 13.8. The zero-order chi connectivity index (χ0) is 23.6. The fraction of sp³-hybridized carbons (Fsp3) is 0.440. The number of carbonyl (C=O) groups is 2. The van der Waals surface area contributed by atoms with Gasteiger partial charge in [0.15, 0.2) is 11.5 Å². The average Bonchev–Trinajstić information content (AvgIpc) is 2.86. The second-order valence-corrected chi connectivity index (χ2v) is 7.98. The Kier molecular flexibility index (Phi) is 8.95. The molecule has 33 heavy (non-hydrogen) atoms. The van der Waals surface area contributed by atoms with Crippen molar-refractivity contribution in [1.29, 1.82) is 0 Å². The molecule has 3 rings (SSSR count). The van der Waals surface area contributed by atoms with Gasteiger partial charge in [0.05, 0.1) is 27.9 Å². The van der Waals surface area contributed by atoms with Crippen LogP contribution in [0.2, 0.25) is 0 Å². The molecule has 2 aromatic rings. The van der Waals surface area contributed by atoms with E-state index in [0.29, 0.717) is 29.4 Å². The van der Waals surface area contributed by atoms with Crippen LogP contribution in [0.3, 0.4) is 0 Å². The maximum atomic E-state index is 12.6. The van der Waals surface area contributed by atoms with Crippen molar-refractivity contribution in [3.05, 3.63) is 53.1 Å². The Balaban J connectivity index is 1.54. The van der Waals surface area contributed by atoms with Crippen molar-refractivity contribution in [3.63, 3.8) is 0 Å². The van der Waals surface area contributed by atoms with Crippen molar-refractivity contribution < 1.29 is 23.8 Å². The Bertz CT molecular complexity index is 932. The van der Waals surface area contributed by atoms with Gasteiger partial charge in [0, 0.05) is 18.7 Å². The molecule has 1 saturated heterocycles. The Hall–Kier alpha value is -3.26. The highest BCUT2D eigenvalue weighted by Crippen LogP contribution is 2.38. The fourth-order valence-electron chi connectivity index (χ4n) is 3.97. The van der Waals surface area contributed by atoms with E-state index < -0.39 is 5.91 Å². The fourth-order valence-corrected chi connectivity index (χ4v) is 3.97. The number of nitrogens with one attached hydrogen (secondary N) is 2. The lowest BCUT2D eigenvalue weighted by atomic mass is 10.0. The summed E-state index contributed by atoms with van der Waals surface area (Å²) in [6.45, 7) is 3.41. The van der Waals surface area contributed by atoms with E-state index in [1.165, 1.54) is 46.2 Å². The van der Waals surface area contributed by atoms with Crippen LogP contribution in [0.1, 0.15) is 40.7 Å². The minimum atomic E-state index is -0.407. The van der Waals surface area contributed by atoms with Crippen molar-refractivity contribution in [2.45, 2.75) is 32.4 Å². The van der Waals surface area contributed by atoms with Gasteiger partial charge < -0.3 is 24.8 Å². The molecule has 1 fully saturated rings. The smallest absolute Gasteiger partial charge is 0.251 e. The summed E-state index contributed by atoms with van der Waals surface area (Å²) in [5.74, 6) is 0.476. The lowest BCUT2D eigenvalue weighted by Crippen LogP contribution is -2.37. The first-order chi connectivity index (χ1) is 16.0. The van der Waals surface area contributed by atoms with Gasteiger partial charge in [-0.05, 0) is 49.2 Å². The topological polar surface area (TPSA) is 89.1 Å². The van der Waals surface area contributed by atoms with E-state index in [2.05, 4.69) is 21.6 Å². The Labute approximate surface area is 195 Å². The molecule has 8 nitrogen and oxygen atoms in total. The van der Waals surface area contributed by atoms with Gasteiger partial charge in [-0.25, -0.2) is 0 Å². The first-order valence-electron chi connectivity index (χ1n) is 11.2. The van der Waals surface area contributed by atoms with Crippen molar-refractivity contribution in [1.82, 2.24) is 15.5 Å². The van der Waals surface area contributed by atoms with E-state index in [0.717, 1.165) is 25.2 Å². The van der Waals surface area contributed by atoms with Crippen LogP contribution in [0.25, 0.3) is 0 Å². The lowest BCUT2D eigenvalue weighted by Gasteiger charge is -2.27. The number of rotatable bonds is 10. The summed E-state index contributed by atoms with van der Waals surface area (Å²) in [5, 5.41) is 5.55. The Morgan fingerprint density at radius 2 is 1.52 bits per heavy atom. The molecule has 2 aromatic carbocycles. The zero-order valence-electron chi connectivity index (χ0n) is 19.6. The second-order valence-electron chi connectivity index (χ2n) is 7.98. The van der Waals surface area contributed by atoms with E-state index in [1.807, 2.05) is 18.2 Å². The third-order valence-corrected chi connectivity index (χ3v) is 5.77. The number of likely N-dealkylation sites (tertiary alicyclic amines) is 1. The number of methoxy groups -OCH3 is 3. The van der Waals surface area contributed by atoms with Crippen molar-refractivity contribution in [3.8, 4) is 17.2 Å². The minimum Gasteiger partial charge on any atom is -0.493 e. The molecule has 0 aliphatic carbocycles. The number of carbonyl (C=O) groups excluding carboxylic acids is 2. The summed E-state index contributed by atoms with van der Waals surface area (Å²) in [7, 11) is 4.46. The Morgan fingerprint density at radius 1 is 0.879 bits per heavy atom. The van der Waals surface area contributed by atoms with Gasteiger partial charge in [0.2, 0.25) is 11.7 Å². The minimum absolute atomic E-state index is 0.135. The summed E-state index contributed by atoms with van der Waals surface area (Å²) < 4.78 is 15.8. The SMILES string of the molecule is COc1cc(C(=O)NCC(=O)NCc2ccccc2CN2CCCCC2)cc(OC)c1OC. The van der Waals surface area contributed by atoms with Gasteiger partial charge in [-0.1, -0.05) is 30.7 Å². The molecule has 8 heteroatoms. The largest absolute Gasteiger partial charge is 0.493 e. The Morgan fingerprint density at radius 3 is 2.12 bits per heavy atom. The third kappa shape index (κ3) is 6.61. The number of amides is 2. The van der Waals surface area contributed by atoms with Gasteiger partial charge in [-0.3, -0.25) is 14.5 Å². The summed E-state index contributed by atoms with van der Waals surface area (Å²) in [6, 6.07) is 11.3. The number of hydrogen-bond acceptors (Lipinski definition) is 6. The quantitative estimate of drug-likeness (QED) is 0.573. The molecule has 1 heterocycles. The van der Waals surface area contributed by atoms with Crippen LogP contribution < -0.4 is 24.8 Å². The molecule has 0 radical (unpaired) electrons. The van der Waals surface area contributed by atoms with Crippen LogP contribution in [0.4, 0.5) is 0 Å². The molecule has 2 amide bonds. The second kappa shape index (κ2) is 12.1. The summed E-state index contributed by atoms with van der Waals surface area (Å²) >= 11 is 0. The number of hydrogen-bond donors (Lipinski definition) is 2. The number of ether oxygens (including phenoxy) is 3. The summed E-state index contributed by atoms with van der Waals surface area (Å²) in [4.78, 5) is 27.4. The lowest BCUT2D eigenvalue weighted by molar-refractivity contribution is -0.120. The molecule has 0 bridgehead atoms. The van der Waals surface area contributed by atoms with Crippen LogP contribution in [-0.2, 0) is 17.9 Å². The number of piperidine rings is 1. The molecule has 1 aliphatic heterocycles. The van der Waals surface area contributed by atoms with Crippen LogP contribution in [-0.4, -0.2) is 57.7 Å². The first-order valence-corrected chi connectivity index (χ1v) is 11.2. The molecule has 0 atom stereocenters. The maximum absolute atomic E-state index is 12.6. The molecule has 2 N–H and O–H groups in total. The highest BCUT2D eigenvalue weighted by atomic mass is 16.5. The predicted octanol–water partition coefficient (Wildman–Crippen LogP) is 2.74. The van der Waals surface area contributed by atoms with E-state index >= 15 is 0 Å². The van der Waals surface area contributed by atoms with Gasteiger partial charge >= 0.3 is 0 Å². The van der Waals surface area contributed by atoms with Crippen LogP contribution >= 0.6 is 0 Å². The first kappa shape index (κ1) is 24.4. The van der Waals surface area contributed by atoms with Gasteiger partial charge in [-0.2, -0.15) is 0 Å². The van der Waals surface area contributed by atoms with E-state index in [1.54, 1.807) is 12.1 Å². The molecular weight excluding hydrogens is 422 g/mol. The van der Waals surface area contributed by atoms with Gasteiger partial charge in [0.1, 0.15) is 0 Å². The van der Waals surface area contributed by atoms with E-state index in [-0.39, 0.29) is 12.5 Å². The zero-order valence-corrected chi connectivity index (χ0v) is 19.6. The maximum Gasteiger partial charge on any atom is 0.251 e. The molecule has 0 aromatic heterocycles. The van der Waals surface area contributed by atoms with Crippen molar-refractivity contribution >= 4 is 11.8 Å². The van der Waals surface area contributed by atoms with Crippen molar-refractivity contribution in [2.75, 3.05) is 41.0 Å². The third-order valence-electron chi connectivity index (χ3n) is 5.77. The predicted molar refractivity (Wildman–Crippen MR) is 126 cm³/mol. The summed E-state index contributed by atoms with van der Waals surface area (Å²) in [5.41, 5.74) is 2.62. The molecular formula is C25H33N3O5. The average molecular weight is 456 g/mol. The van der Waals surface area contributed by atoms with Gasteiger partial charge in [-0.15, -0.1) is 0 Å². The number of nitrogens with zero attached hydrogens (tertiary/aromatic N) is 1. The molecule has 0 saturated carbocycles. The number of benzene rings is 2. The standard InChI is InChI=1S/C25H33N3O5/c1-31-21-13-20(14-22(32-2)24(21)33-3)25(30)27-16-23(29)26-15-18-9-5-6-10-19(18)17-28-11-7-4-8-12-28/h5-6,9-10,13-14H,4,7-8,11-12,15-17H2,1-3H3,(H,26,29)(H,27,30). The van der Waals surface area contributed by atoms with Gasteiger partial charge in [0.25, 0.3) is 5.91 Å². The van der Waals surface area contributed by atoms with Crippen LogP contribution in [0, 0.1) is 0 Å².